The summed E-state index contributed by atoms with van der Waals surface area (Å²) in [6.07, 6.45) is 5.54. The van der Waals surface area contributed by atoms with Crippen LogP contribution in [0.25, 0.3) is 6.08 Å². The van der Waals surface area contributed by atoms with Crippen LogP contribution in [0, 0.1) is 5.92 Å². The van der Waals surface area contributed by atoms with Gasteiger partial charge in [-0.25, -0.2) is 0 Å². The van der Waals surface area contributed by atoms with Gasteiger partial charge in [0.2, 0.25) is 0 Å². The van der Waals surface area contributed by atoms with Crippen LogP contribution < -0.4 is 9.47 Å². The minimum Gasteiger partial charge on any atom is -0.496 e. The largest absolute Gasteiger partial charge is 0.496 e. The molecule has 0 heterocycles. The number of ether oxygens (including phenoxy) is 2. The lowest BCUT2D eigenvalue weighted by Gasteiger charge is -2.12. The third kappa shape index (κ3) is 4.18. The fraction of sp³-hybridized carbons (Fsp3) is 0.250. The maximum absolute atomic E-state index is 11.8. The second-order valence-electron chi connectivity index (χ2n) is 5.80. The van der Waals surface area contributed by atoms with Crippen molar-refractivity contribution in [2.45, 2.75) is 19.4 Å². The first-order valence-electron chi connectivity index (χ1n) is 7.93. The number of methoxy groups -OCH3 is 1. The smallest absolute Gasteiger partial charge is 0.158 e. The molecular weight excluding hydrogens is 324 g/mol. The van der Waals surface area contributed by atoms with Gasteiger partial charge in [0.25, 0.3) is 0 Å². The predicted octanol–water partition coefficient (Wildman–Crippen LogP) is 4.92. The fourth-order valence-electron chi connectivity index (χ4n) is 2.41. The van der Waals surface area contributed by atoms with Crippen molar-refractivity contribution in [2.24, 2.45) is 5.92 Å². The molecule has 0 bridgehead atoms. The van der Waals surface area contributed by atoms with Crippen LogP contribution in [-0.2, 0) is 11.4 Å². The van der Waals surface area contributed by atoms with Gasteiger partial charge in [-0.15, -0.1) is 0 Å². The molecule has 4 heteroatoms. The molecule has 1 aliphatic carbocycles. The molecule has 0 aromatic heterocycles. The van der Waals surface area contributed by atoms with Gasteiger partial charge in [-0.3, -0.25) is 4.79 Å². The molecule has 24 heavy (non-hydrogen) atoms. The Bertz CT molecular complexity index is 763. The number of hydrogen-bond acceptors (Lipinski definition) is 3. The number of rotatable bonds is 7. The first-order chi connectivity index (χ1) is 11.7. The number of benzene rings is 2. The Hall–Kier alpha value is -2.26. The molecule has 124 valence electrons. The standard InChI is InChI=1S/C20H19ClO3/c1-23-19-11-7-14(6-10-18(22)15-8-9-15)12-16(19)13-24-20-5-3-2-4-17(20)21/h2-7,10-12,15H,8-9,13H2,1H3/b10-6+. The normalized spacial score (nSPS) is 13.9. The number of carbonyl (C=O) groups is 1. The van der Waals surface area contributed by atoms with Crippen molar-refractivity contribution in [3.8, 4) is 11.5 Å². The van der Waals surface area contributed by atoms with Gasteiger partial charge in [-0.1, -0.05) is 35.9 Å². The molecule has 0 amide bonds. The van der Waals surface area contributed by atoms with E-state index in [1.165, 1.54) is 0 Å². The summed E-state index contributed by atoms with van der Waals surface area (Å²) in [6, 6.07) is 13.1. The highest BCUT2D eigenvalue weighted by molar-refractivity contribution is 6.32. The summed E-state index contributed by atoms with van der Waals surface area (Å²) in [6.45, 7) is 0.338. The number of para-hydroxylation sites is 1. The van der Waals surface area contributed by atoms with E-state index in [-0.39, 0.29) is 11.7 Å². The lowest BCUT2D eigenvalue weighted by molar-refractivity contribution is -0.115. The zero-order valence-corrected chi connectivity index (χ0v) is 14.3. The third-order valence-electron chi connectivity index (χ3n) is 3.94. The van der Waals surface area contributed by atoms with Crippen molar-refractivity contribution in [3.63, 3.8) is 0 Å². The summed E-state index contributed by atoms with van der Waals surface area (Å²) in [4.78, 5) is 11.8. The van der Waals surface area contributed by atoms with E-state index in [2.05, 4.69) is 0 Å². The first kappa shape index (κ1) is 16.6. The van der Waals surface area contributed by atoms with Crippen molar-refractivity contribution in [1.82, 2.24) is 0 Å². The molecule has 0 radical (unpaired) electrons. The molecule has 0 unspecified atom stereocenters. The Morgan fingerprint density at radius 1 is 1.21 bits per heavy atom. The van der Waals surface area contributed by atoms with E-state index in [9.17, 15) is 4.79 Å². The van der Waals surface area contributed by atoms with Crippen LogP contribution >= 0.6 is 11.6 Å². The average molecular weight is 343 g/mol. The number of halogens is 1. The molecule has 2 aromatic rings. The highest BCUT2D eigenvalue weighted by Crippen LogP contribution is 2.31. The number of allylic oxidation sites excluding steroid dienone is 1. The second-order valence-corrected chi connectivity index (χ2v) is 6.21. The maximum atomic E-state index is 11.8. The SMILES string of the molecule is COc1ccc(/C=C/C(=O)C2CC2)cc1COc1ccccc1Cl. The summed E-state index contributed by atoms with van der Waals surface area (Å²) in [5.74, 6) is 1.82. The molecular formula is C20H19ClO3. The van der Waals surface area contributed by atoms with Crippen LogP contribution in [0.3, 0.4) is 0 Å². The monoisotopic (exact) mass is 342 g/mol. The van der Waals surface area contributed by atoms with Crippen LogP contribution in [-0.4, -0.2) is 12.9 Å². The van der Waals surface area contributed by atoms with Gasteiger partial charge in [-0.05, 0) is 48.7 Å². The van der Waals surface area contributed by atoms with Gasteiger partial charge >= 0.3 is 0 Å². The Morgan fingerprint density at radius 2 is 2.00 bits per heavy atom. The molecule has 1 fully saturated rings. The second kappa shape index (κ2) is 7.54. The lowest BCUT2D eigenvalue weighted by atomic mass is 10.1. The molecule has 0 atom stereocenters. The first-order valence-corrected chi connectivity index (χ1v) is 8.31. The molecule has 0 saturated heterocycles. The topological polar surface area (TPSA) is 35.5 Å². The Morgan fingerprint density at radius 3 is 2.71 bits per heavy atom. The van der Waals surface area contributed by atoms with Gasteiger partial charge in [0.05, 0.1) is 12.1 Å². The highest BCUT2D eigenvalue weighted by Gasteiger charge is 2.27. The van der Waals surface area contributed by atoms with Crippen molar-refractivity contribution in [3.05, 3.63) is 64.7 Å². The van der Waals surface area contributed by atoms with Gasteiger partial charge < -0.3 is 9.47 Å². The fourth-order valence-corrected chi connectivity index (χ4v) is 2.60. The molecule has 1 aliphatic rings. The zero-order chi connectivity index (χ0) is 16.9. The van der Waals surface area contributed by atoms with Crippen LogP contribution in [0.4, 0.5) is 0 Å². The zero-order valence-electron chi connectivity index (χ0n) is 13.5. The van der Waals surface area contributed by atoms with Gasteiger partial charge in [0.15, 0.2) is 5.78 Å². The minimum absolute atomic E-state index is 0.208. The molecule has 2 aromatic carbocycles. The molecule has 3 rings (SSSR count). The van der Waals surface area contributed by atoms with Gasteiger partial charge in [0.1, 0.15) is 18.1 Å². The van der Waals surface area contributed by atoms with E-state index in [1.54, 1.807) is 19.3 Å². The van der Waals surface area contributed by atoms with E-state index in [0.717, 1.165) is 29.7 Å². The molecule has 0 spiro atoms. The predicted molar refractivity (Wildman–Crippen MR) is 95.5 cm³/mol. The van der Waals surface area contributed by atoms with E-state index >= 15 is 0 Å². The minimum atomic E-state index is 0.208. The van der Waals surface area contributed by atoms with E-state index < -0.39 is 0 Å². The summed E-state index contributed by atoms with van der Waals surface area (Å²) in [5, 5.41) is 0.572. The van der Waals surface area contributed by atoms with E-state index in [0.29, 0.717) is 17.4 Å². The Labute approximate surface area is 146 Å². The lowest BCUT2D eigenvalue weighted by Crippen LogP contribution is -2.00. The Balaban J connectivity index is 1.74. The highest BCUT2D eigenvalue weighted by atomic mass is 35.5. The van der Waals surface area contributed by atoms with Crippen LogP contribution in [0.1, 0.15) is 24.0 Å². The number of hydrogen-bond donors (Lipinski definition) is 0. The van der Waals surface area contributed by atoms with Gasteiger partial charge in [0, 0.05) is 11.5 Å². The molecule has 0 aliphatic heterocycles. The Kier molecular flexibility index (Phi) is 5.21. The van der Waals surface area contributed by atoms with Gasteiger partial charge in [-0.2, -0.15) is 0 Å². The van der Waals surface area contributed by atoms with Crippen LogP contribution in [0.2, 0.25) is 5.02 Å². The maximum Gasteiger partial charge on any atom is 0.158 e. The van der Waals surface area contributed by atoms with E-state index in [1.807, 2.05) is 42.5 Å². The van der Waals surface area contributed by atoms with Crippen LogP contribution in [0.15, 0.2) is 48.5 Å². The molecule has 0 N–H and O–H groups in total. The number of carbonyl (C=O) groups excluding carboxylic acids is 1. The van der Waals surface area contributed by atoms with Crippen LogP contribution in [0.5, 0.6) is 11.5 Å². The summed E-state index contributed by atoms with van der Waals surface area (Å²) in [5.41, 5.74) is 1.85. The van der Waals surface area contributed by atoms with Crippen molar-refractivity contribution in [2.75, 3.05) is 7.11 Å². The summed E-state index contributed by atoms with van der Waals surface area (Å²) >= 11 is 6.11. The van der Waals surface area contributed by atoms with Crippen molar-refractivity contribution in [1.29, 1.82) is 0 Å². The molecule has 3 nitrogen and oxygen atoms in total. The average Bonchev–Trinajstić information content (AvgIpc) is 3.44. The number of ketones is 1. The molecule has 1 saturated carbocycles. The van der Waals surface area contributed by atoms with Crippen molar-refractivity contribution >= 4 is 23.5 Å². The third-order valence-corrected chi connectivity index (χ3v) is 4.26. The summed E-state index contributed by atoms with van der Waals surface area (Å²) in [7, 11) is 1.63. The quantitative estimate of drug-likeness (QED) is 0.670. The summed E-state index contributed by atoms with van der Waals surface area (Å²) < 4.78 is 11.2. The van der Waals surface area contributed by atoms with Crippen molar-refractivity contribution < 1.29 is 14.3 Å². The van der Waals surface area contributed by atoms with E-state index in [4.69, 9.17) is 21.1 Å².